The summed E-state index contributed by atoms with van der Waals surface area (Å²) >= 11 is 3.41. The number of likely N-dealkylation sites (N-methyl/N-ethyl adjacent to an activating group) is 1. The number of aromatic nitrogens is 2. The van der Waals surface area contributed by atoms with Crippen LogP contribution < -0.4 is 5.32 Å². The van der Waals surface area contributed by atoms with Crippen molar-refractivity contribution in [1.82, 2.24) is 15.3 Å². The molecule has 1 N–H and O–H groups in total. The van der Waals surface area contributed by atoms with Gasteiger partial charge in [0.1, 0.15) is 0 Å². The van der Waals surface area contributed by atoms with Gasteiger partial charge in [0.2, 0.25) is 0 Å². The molecular formula is C15H18BrN3. The summed E-state index contributed by atoms with van der Waals surface area (Å²) in [4.78, 5) is 8.95. The second-order valence-electron chi connectivity index (χ2n) is 4.49. The quantitative estimate of drug-likeness (QED) is 0.917. The first kappa shape index (κ1) is 14.2. The highest BCUT2D eigenvalue weighted by molar-refractivity contribution is 9.10. The summed E-state index contributed by atoms with van der Waals surface area (Å²) in [6.45, 7) is 5.12. The highest BCUT2D eigenvalue weighted by Gasteiger charge is 2.15. The van der Waals surface area contributed by atoms with Crippen LogP contribution in [-0.2, 0) is 6.42 Å². The molecule has 0 bridgehead atoms. The van der Waals surface area contributed by atoms with Crippen LogP contribution in [0.25, 0.3) is 0 Å². The average Bonchev–Trinajstić information content (AvgIpc) is 2.41. The highest BCUT2D eigenvalue weighted by Crippen LogP contribution is 2.19. The molecule has 2 aromatic rings. The fourth-order valence-corrected chi connectivity index (χ4v) is 2.35. The molecule has 2 rings (SSSR count). The monoisotopic (exact) mass is 319 g/mol. The first-order chi connectivity index (χ1) is 9.20. The third-order valence-corrected chi connectivity index (χ3v) is 3.50. The van der Waals surface area contributed by atoms with E-state index >= 15 is 0 Å². The Morgan fingerprint density at radius 3 is 2.74 bits per heavy atom. The smallest absolute Gasteiger partial charge is 0.0606 e. The van der Waals surface area contributed by atoms with Crippen molar-refractivity contribution in [3.05, 3.63) is 58.1 Å². The van der Waals surface area contributed by atoms with Crippen molar-refractivity contribution in [3.8, 4) is 0 Å². The third-order valence-electron chi connectivity index (χ3n) is 3.03. The second-order valence-corrected chi connectivity index (χ2v) is 5.40. The molecule has 1 atom stereocenters. The molecule has 19 heavy (non-hydrogen) atoms. The molecule has 0 spiro atoms. The van der Waals surface area contributed by atoms with Crippen molar-refractivity contribution in [3.63, 3.8) is 0 Å². The van der Waals surface area contributed by atoms with Gasteiger partial charge < -0.3 is 5.32 Å². The summed E-state index contributed by atoms with van der Waals surface area (Å²) in [6, 6.07) is 8.35. The van der Waals surface area contributed by atoms with E-state index in [1.54, 1.807) is 0 Å². The largest absolute Gasteiger partial charge is 0.309 e. The topological polar surface area (TPSA) is 37.8 Å². The summed E-state index contributed by atoms with van der Waals surface area (Å²) in [7, 11) is 0. The van der Waals surface area contributed by atoms with Crippen LogP contribution in [0.15, 0.2) is 41.1 Å². The van der Waals surface area contributed by atoms with Crippen LogP contribution in [0.4, 0.5) is 0 Å². The molecule has 3 nitrogen and oxygen atoms in total. The van der Waals surface area contributed by atoms with Gasteiger partial charge in [-0.05, 0) is 53.2 Å². The van der Waals surface area contributed by atoms with Gasteiger partial charge in [-0.25, -0.2) is 0 Å². The molecule has 4 heteroatoms. The van der Waals surface area contributed by atoms with Crippen LogP contribution in [0.2, 0.25) is 0 Å². The Balaban J connectivity index is 2.21. The first-order valence-electron chi connectivity index (χ1n) is 6.46. The van der Waals surface area contributed by atoms with Gasteiger partial charge in [-0.3, -0.25) is 9.97 Å². The Morgan fingerprint density at radius 2 is 2.11 bits per heavy atom. The number of aryl methyl sites for hydroxylation is 1. The molecule has 0 aliphatic heterocycles. The first-order valence-corrected chi connectivity index (χ1v) is 7.25. The lowest BCUT2D eigenvalue weighted by atomic mass is 10.0. The highest BCUT2D eigenvalue weighted by atomic mass is 79.9. The molecule has 0 radical (unpaired) electrons. The zero-order valence-corrected chi connectivity index (χ0v) is 12.8. The zero-order chi connectivity index (χ0) is 13.7. The minimum atomic E-state index is 0.208. The van der Waals surface area contributed by atoms with Gasteiger partial charge in [0, 0.05) is 29.0 Å². The van der Waals surface area contributed by atoms with Crippen molar-refractivity contribution in [2.75, 3.05) is 6.54 Å². The van der Waals surface area contributed by atoms with Crippen molar-refractivity contribution in [1.29, 1.82) is 0 Å². The van der Waals surface area contributed by atoms with E-state index in [-0.39, 0.29) is 6.04 Å². The van der Waals surface area contributed by atoms with Crippen LogP contribution in [0.5, 0.6) is 0 Å². The molecular weight excluding hydrogens is 302 g/mol. The Morgan fingerprint density at radius 1 is 1.26 bits per heavy atom. The summed E-state index contributed by atoms with van der Waals surface area (Å²) in [5.74, 6) is 0. The third kappa shape index (κ3) is 3.85. The molecule has 0 aliphatic carbocycles. The predicted octanol–water partition coefficient (Wildman–Crippen LogP) is 3.44. The lowest BCUT2D eigenvalue weighted by molar-refractivity contribution is 0.528. The standard InChI is InChI=1S/C15H18BrN3/c1-3-17-14(15-11(2)5-4-8-18-15)9-13-7-6-12(16)10-19-13/h4-8,10,14,17H,3,9H2,1-2H3. The van der Waals surface area contributed by atoms with Gasteiger partial charge in [0.25, 0.3) is 0 Å². The molecule has 100 valence electrons. The number of nitrogens with zero attached hydrogens (tertiary/aromatic N) is 2. The number of hydrogen-bond acceptors (Lipinski definition) is 3. The van der Waals surface area contributed by atoms with E-state index in [0.29, 0.717) is 0 Å². The SMILES string of the molecule is CCNC(Cc1ccc(Br)cn1)c1ncccc1C. The predicted molar refractivity (Wildman–Crippen MR) is 81.0 cm³/mol. The van der Waals surface area contributed by atoms with Crippen molar-refractivity contribution in [2.24, 2.45) is 0 Å². The van der Waals surface area contributed by atoms with Gasteiger partial charge in [-0.2, -0.15) is 0 Å². The van der Waals surface area contributed by atoms with Gasteiger partial charge >= 0.3 is 0 Å². The normalized spacial score (nSPS) is 12.4. The van der Waals surface area contributed by atoms with Gasteiger partial charge in [-0.1, -0.05) is 13.0 Å². The van der Waals surface area contributed by atoms with Crippen LogP contribution in [0.1, 0.15) is 29.9 Å². The Hall–Kier alpha value is -1.26. The van der Waals surface area contributed by atoms with Crippen molar-refractivity contribution >= 4 is 15.9 Å². The minimum absolute atomic E-state index is 0.208. The van der Waals surface area contributed by atoms with E-state index in [1.165, 1.54) is 5.56 Å². The molecule has 2 heterocycles. The summed E-state index contributed by atoms with van der Waals surface area (Å²) < 4.78 is 1.00. The van der Waals surface area contributed by atoms with E-state index in [0.717, 1.165) is 28.8 Å². The Labute approximate surface area is 122 Å². The van der Waals surface area contributed by atoms with E-state index in [9.17, 15) is 0 Å². The number of hydrogen-bond donors (Lipinski definition) is 1. The maximum Gasteiger partial charge on any atom is 0.0606 e. The number of halogens is 1. The van der Waals surface area contributed by atoms with E-state index < -0.39 is 0 Å². The van der Waals surface area contributed by atoms with Gasteiger partial charge in [0.15, 0.2) is 0 Å². The fourth-order valence-electron chi connectivity index (χ4n) is 2.11. The van der Waals surface area contributed by atoms with E-state index in [1.807, 2.05) is 30.6 Å². The number of nitrogens with one attached hydrogen (secondary N) is 1. The summed E-state index contributed by atoms with van der Waals surface area (Å²) in [6.07, 6.45) is 4.53. The Bertz CT molecular complexity index is 525. The Kier molecular flexibility index (Phi) is 5.05. The lowest BCUT2D eigenvalue weighted by Crippen LogP contribution is -2.25. The average molecular weight is 320 g/mol. The number of pyridine rings is 2. The maximum atomic E-state index is 4.51. The van der Waals surface area contributed by atoms with Gasteiger partial charge in [-0.15, -0.1) is 0 Å². The molecule has 0 amide bonds. The van der Waals surface area contributed by atoms with Crippen LogP contribution in [0, 0.1) is 6.92 Å². The van der Waals surface area contributed by atoms with Crippen molar-refractivity contribution in [2.45, 2.75) is 26.3 Å². The second kappa shape index (κ2) is 6.78. The fraction of sp³-hybridized carbons (Fsp3) is 0.333. The molecule has 0 aliphatic rings. The van der Waals surface area contributed by atoms with E-state index in [2.05, 4.69) is 51.1 Å². The minimum Gasteiger partial charge on any atom is -0.309 e. The molecule has 0 aromatic carbocycles. The summed E-state index contributed by atoms with van der Waals surface area (Å²) in [5.41, 5.74) is 3.39. The molecule has 0 saturated carbocycles. The molecule has 2 aromatic heterocycles. The zero-order valence-electron chi connectivity index (χ0n) is 11.2. The van der Waals surface area contributed by atoms with Gasteiger partial charge in [0.05, 0.1) is 11.7 Å². The molecule has 1 unspecified atom stereocenters. The molecule has 0 saturated heterocycles. The summed E-state index contributed by atoms with van der Waals surface area (Å²) in [5, 5.41) is 3.49. The van der Waals surface area contributed by atoms with Crippen LogP contribution in [0.3, 0.4) is 0 Å². The van der Waals surface area contributed by atoms with Crippen LogP contribution in [-0.4, -0.2) is 16.5 Å². The van der Waals surface area contributed by atoms with Crippen LogP contribution >= 0.6 is 15.9 Å². The molecule has 0 fully saturated rings. The van der Waals surface area contributed by atoms with E-state index in [4.69, 9.17) is 0 Å². The maximum absolute atomic E-state index is 4.51. The number of rotatable bonds is 5. The lowest BCUT2D eigenvalue weighted by Gasteiger charge is -2.18. The van der Waals surface area contributed by atoms with Crippen molar-refractivity contribution < 1.29 is 0 Å².